The smallest absolute Gasteiger partial charge is 0.115 e. The van der Waals surface area contributed by atoms with Crippen molar-refractivity contribution in [2.75, 3.05) is 36.5 Å². The van der Waals surface area contributed by atoms with Crippen LogP contribution < -0.4 is 10.2 Å². The fraction of sp³-hybridized carbons (Fsp3) is 0.600. The standard InChI is InChI=1S/C13H19FN2S.C2H6/c1-15-10-12-8-11(9-14)2-3-13(12)16-4-6-17-7-5-16;1-2/h2-3,8,15H,4-7,9-10H2,1H3;1-2H3. The molecule has 0 unspecified atom stereocenters. The SMILES string of the molecule is CC.CNCc1cc(CF)ccc1N1CCSCC1. The molecular formula is C15H25FN2S. The normalized spacial score (nSPS) is 14.8. The summed E-state index contributed by atoms with van der Waals surface area (Å²) in [6, 6.07) is 5.95. The van der Waals surface area contributed by atoms with Gasteiger partial charge in [0.2, 0.25) is 0 Å². The first kappa shape index (κ1) is 16.3. The van der Waals surface area contributed by atoms with E-state index in [9.17, 15) is 4.39 Å². The first-order chi connectivity index (χ1) is 9.35. The Morgan fingerprint density at radius 1 is 1.26 bits per heavy atom. The van der Waals surface area contributed by atoms with Gasteiger partial charge in [-0.3, -0.25) is 0 Å². The van der Waals surface area contributed by atoms with Gasteiger partial charge in [-0.1, -0.05) is 19.9 Å². The van der Waals surface area contributed by atoms with E-state index < -0.39 is 0 Å². The Morgan fingerprint density at radius 2 is 1.95 bits per heavy atom. The van der Waals surface area contributed by atoms with Crippen molar-refractivity contribution >= 4 is 17.4 Å². The summed E-state index contributed by atoms with van der Waals surface area (Å²) in [7, 11) is 1.93. The Bertz CT molecular complexity index is 365. The third-order valence-corrected chi connectivity index (χ3v) is 3.96. The lowest BCUT2D eigenvalue weighted by molar-refractivity contribution is 0.485. The van der Waals surface area contributed by atoms with E-state index in [-0.39, 0.29) is 6.67 Å². The van der Waals surface area contributed by atoms with Gasteiger partial charge in [-0.05, 0) is 30.3 Å². The molecule has 1 aliphatic heterocycles. The molecule has 19 heavy (non-hydrogen) atoms. The maximum atomic E-state index is 12.7. The minimum absolute atomic E-state index is 0.382. The molecule has 2 nitrogen and oxygen atoms in total. The summed E-state index contributed by atoms with van der Waals surface area (Å²) in [6.07, 6.45) is 0. The predicted molar refractivity (Wildman–Crippen MR) is 84.9 cm³/mol. The van der Waals surface area contributed by atoms with E-state index in [0.29, 0.717) is 0 Å². The Morgan fingerprint density at radius 3 is 2.53 bits per heavy atom. The van der Waals surface area contributed by atoms with E-state index in [1.807, 2.05) is 44.8 Å². The van der Waals surface area contributed by atoms with E-state index in [0.717, 1.165) is 25.2 Å². The van der Waals surface area contributed by atoms with Crippen LogP contribution in [0.3, 0.4) is 0 Å². The van der Waals surface area contributed by atoms with Crippen molar-refractivity contribution in [3.8, 4) is 0 Å². The van der Waals surface area contributed by atoms with Crippen LogP contribution >= 0.6 is 11.8 Å². The Labute approximate surface area is 120 Å². The molecule has 0 amide bonds. The largest absolute Gasteiger partial charge is 0.370 e. The number of alkyl halides is 1. The average Bonchev–Trinajstić information content (AvgIpc) is 2.50. The first-order valence-electron chi connectivity index (χ1n) is 7.00. The quantitative estimate of drug-likeness (QED) is 0.911. The molecule has 1 fully saturated rings. The molecule has 108 valence electrons. The van der Waals surface area contributed by atoms with Crippen LogP contribution in [0.5, 0.6) is 0 Å². The van der Waals surface area contributed by atoms with E-state index in [1.165, 1.54) is 22.8 Å². The molecule has 0 saturated carbocycles. The molecule has 0 atom stereocenters. The highest BCUT2D eigenvalue weighted by Gasteiger charge is 2.14. The molecule has 0 aromatic heterocycles. The van der Waals surface area contributed by atoms with Crippen LogP contribution in [-0.4, -0.2) is 31.6 Å². The van der Waals surface area contributed by atoms with E-state index in [2.05, 4.69) is 16.3 Å². The summed E-state index contributed by atoms with van der Waals surface area (Å²) in [5, 5.41) is 3.16. The molecule has 0 spiro atoms. The van der Waals surface area contributed by atoms with Gasteiger partial charge >= 0.3 is 0 Å². The van der Waals surface area contributed by atoms with Crippen LogP contribution in [0.25, 0.3) is 0 Å². The molecule has 1 saturated heterocycles. The lowest BCUT2D eigenvalue weighted by atomic mass is 10.1. The number of thioether (sulfide) groups is 1. The fourth-order valence-corrected chi connectivity index (χ4v) is 3.07. The van der Waals surface area contributed by atoms with Crippen LogP contribution in [0.2, 0.25) is 0 Å². The van der Waals surface area contributed by atoms with Crippen molar-refractivity contribution in [3.63, 3.8) is 0 Å². The van der Waals surface area contributed by atoms with Crippen LogP contribution in [0.15, 0.2) is 18.2 Å². The van der Waals surface area contributed by atoms with Crippen LogP contribution in [-0.2, 0) is 13.2 Å². The van der Waals surface area contributed by atoms with Crippen molar-refractivity contribution in [1.82, 2.24) is 5.32 Å². The third kappa shape index (κ3) is 4.69. The molecule has 0 radical (unpaired) electrons. The van der Waals surface area contributed by atoms with E-state index >= 15 is 0 Å². The minimum atomic E-state index is -0.382. The summed E-state index contributed by atoms with van der Waals surface area (Å²) < 4.78 is 12.7. The third-order valence-electron chi connectivity index (χ3n) is 3.02. The number of hydrogen-bond acceptors (Lipinski definition) is 3. The summed E-state index contributed by atoms with van der Waals surface area (Å²) in [5.74, 6) is 2.37. The molecule has 2 rings (SSSR count). The second kappa shape index (κ2) is 9.21. The van der Waals surface area contributed by atoms with Crippen molar-refractivity contribution in [3.05, 3.63) is 29.3 Å². The number of anilines is 1. The van der Waals surface area contributed by atoms with Crippen molar-refractivity contribution < 1.29 is 4.39 Å². The maximum absolute atomic E-state index is 12.7. The monoisotopic (exact) mass is 284 g/mol. The van der Waals surface area contributed by atoms with Gasteiger partial charge in [-0.25, -0.2) is 4.39 Å². The Balaban J connectivity index is 0.000000861. The highest BCUT2D eigenvalue weighted by Crippen LogP contribution is 2.25. The van der Waals surface area contributed by atoms with Gasteiger partial charge in [0.05, 0.1) is 0 Å². The Hall–Kier alpha value is -0.740. The molecular weight excluding hydrogens is 259 g/mol. The maximum Gasteiger partial charge on any atom is 0.115 e. The second-order valence-corrected chi connectivity index (χ2v) is 5.45. The van der Waals surface area contributed by atoms with Crippen LogP contribution in [0.1, 0.15) is 25.0 Å². The van der Waals surface area contributed by atoms with Gasteiger partial charge in [0.15, 0.2) is 0 Å². The van der Waals surface area contributed by atoms with E-state index in [4.69, 9.17) is 0 Å². The number of hydrogen-bond donors (Lipinski definition) is 1. The van der Waals surface area contributed by atoms with Gasteiger partial charge in [0, 0.05) is 36.8 Å². The van der Waals surface area contributed by atoms with Gasteiger partial charge in [-0.15, -0.1) is 0 Å². The summed E-state index contributed by atoms with van der Waals surface area (Å²) in [6.45, 7) is 6.60. The minimum Gasteiger partial charge on any atom is -0.370 e. The van der Waals surface area contributed by atoms with Crippen LogP contribution in [0, 0.1) is 0 Å². The summed E-state index contributed by atoms with van der Waals surface area (Å²) >= 11 is 2.00. The number of rotatable bonds is 4. The highest BCUT2D eigenvalue weighted by atomic mass is 32.2. The first-order valence-corrected chi connectivity index (χ1v) is 8.15. The zero-order valence-electron chi connectivity index (χ0n) is 12.2. The molecule has 1 N–H and O–H groups in total. The lowest BCUT2D eigenvalue weighted by Gasteiger charge is -2.30. The molecule has 0 aliphatic carbocycles. The number of halogens is 1. The van der Waals surface area contributed by atoms with Crippen molar-refractivity contribution in [2.24, 2.45) is 0 Å². The topological polar surface area (TPSA) is 15.3 Å². The van der Waals surface area contributed by atoms with E-state index in [1.54, 1.807) is 0 Å². The predicted octanol–water partition coefficient (Wildman–Crippen LogP) is 3.45. The zero-order chi connectivity index (χ0) is 14.1. The second-order valence-electron chi connectivity index (χ2n) is 4.23. The van der Waals surface area contributed by atoms with Crippen molar-refractivity contribution in [2.45, 2.75) is 27.1 Å². The number of nitrogens with one attached hydrogen (secondary N) is 1. The molecule has 4 heteroatoms. The molecule has 0 bridgehead atoms. The zero-order valence-corrected chi connectivity index (χ0v) is 13.0. The average molecular weight is 284 g/mol. The van der Waals surface area contributed by atoms with Gasteiger partial charge < -0.3 is 10.2 Å². The van der Waals surface area contributed by atoms with Gasteiger partial charge in [0.25, 0.3) is 0 Å². The van der Waals surface area contributed by atoms with Gasteiger partial charge in [0.1, 0.15) is 6.67 Å². The molecule has 1 heterocycles. The summed E-state index contributed by atoms with van der Waals surface area (Å²) in [5.41, 5.74) is 3.23. The highest BCUT2D eigenvalue weighted by molar-refractivity contribution is 7.99. The number of nitrogens with zero attached hydrogens (tertiary/aromatic N) is 1. The number of benzene rings is 1. The van der Waals surface area contributed by atoms with Crippen molar-refractivity contribution in [1.29, 1.82) is 0 Å². The van der Waals surface area contributed by atoms with Gasteiger partial charge in [-0.2, -0.15) is 11.8 Å². The summed E-state index contributed by atoms with van der Waals surface area (Å²) in [4.78, 5) is 2.41. The van der Waals surface area contributed by atoms with Crippen LogP contribution in [0.4, 0.5) is 10.1 Å². The Kier molecular flexibility index (Phi) is 7.91. The lowest BCUT2D eigenvalue weighted by Crippen LogP contribution is -2.33. The molecule has 1 aromatic carbocycles. The fourth-order valence-electron chi connectivity index (χ4n) is 2.17. The molecule has 1 aliphatic rings. The molecule has 1 aromatic rings.